The molecule has 0 bridgehead atoms. The van der Waals surface area contributed by atoms with Crippen LogP contribution in [0.2, 0.25) is 0 Å². The van der Waals surface area contributed by atoms with Crippen molar-refractivity contribution >= 4 is 73.7 Å². The second kappa shape index (κ2) is 10.3. The Labute approximate surface area is 197 Å². The molecule has 0 amide bonds. The summed E-state index contributed by atoms with van der Waals surface area (Å²) < 4.78 is 5.32. The van der Waals surface area contributed by atoms with Crippen molar-refractivity contribution in [3.63, 3.8) is 0 Å². The van der Waals surface area contributed by atoms with Crippen LogP contribution in [0.4, 0.5) is 10.0 Å². The highest BCUT2D eigenvalue weighted by molar-refractivity contribution is 7.22. The van der Waals surface area contributed by atoms with Crippen LogP contribution in [-0.2, 0) is 11.2 Å². The first kappa shape index (κ1) is 21.8. The molecule has 4 heterocycles. The first-order valence-corrected chi connectivity index (χ1v) is 13.2. The van der Waals surface area contributed by atoms with Crippen LogP contribution in [0.25, 0.3) is 9.75 Å². The molecule has 158 valence electrons. The molecule has 4 nitrogen and oxygen atoms in total. The van der Waals surface area contributed by atoms with Gasteiger partial charge < -0.3 is 4.74 Å². The molecular weight excluding hydrogens is 465 g/mol. The summed E-state index contributed by atoms with van der Waals surface area (Å²) in [6, 6.07) is 12.3. The number of nitrogens with zero attached hydrogens (tertiary/aromatic N) is 2. The first-order chi connectivity index (χ1) is 15.2. The maximum absolute atomic E-state index is 12.7. The van der Waals surface area contributed by atoms with Crippen molar-refractivity contribution in [1.29, 1.82) is 0 Å². The maximum Gasteiger partial charge on any atom is 0.341 e. The summed E-state index contributed by atoms with van der Waals surface area (Å²) in [5.74, 6) is -0.341. The molecular formula is C23H20N2O2S4. The van der Waals surface area contributed by atoms with Gasteiger partial charge in [-0.25, -0.2) is 14.8 Å². The van der Waals surface area contributed by atoms with E-state index in [4.69, 9.17) is 9.73 Å². The topological polar surface area (TPSA) is 51.0 Å². The lowest BCUT2D eigenvalue weighted by molar-refractivity contribution is 0.0527. The van der Waals surface area contributed by atoms with E-state index < -0.39 is 0 Å². The molecule has 0 aliphatic rings. The number of thiophene rings is 4. The molecule has 8 heteroatoms. The Balaban J connectivity index is 1.67. The zero-order valence-corrected chi connectivity index (χ0v) is 20.3. The van der Waals surface area contributed by atoms with Crippen LogP contribution in [0, 0.1) is 0 Å². The van der Waals surface area contributed by atoms with Crippen molar-refractivity contribution in [2.75, 3.05) is 6.61 Å². The lowest BCUT2D eigenvalue weighted by Gasteiger charge is -2.03. The molecule has 0 saturated carbocycles. The third kappa shape index (κ3) is 5.10. The van der Waals surface area contributed by atoms with Gasteiger partial charge in [0.05, 0.1) is 6.61 Å². The maximum atomic E-state index is 12.7. The summed E-state index contributed by atoms with van der Waals surface area (Å²) in [6.45, 7) is 4.16. The molecule has 0 spiro atoms. The third-order valence-corrected chi connectivity index (χ3v) is 8.29. The molecule has 0 saturated heterocycles. The Hall–Kier alpha value is -2.39. The Kier molecular flexibility index (Phi) is 7.24. The van der Waals surface area contributed by atoms with Crippen molar-refractivity contribution in [3.05, 3.63) is 68.0 Å². The molecule has 31 heavy (non-hydrogen) atoms. The lowest BCUT2D eigenvalue weighted by atomic mass is 10.1. The van der Waals surface area contributed by atoms with Crippen LogP contribution in [0.15, 0.2) is 57.1 Å². The zero-order valence-electron chi connectivity index (χ0n) is 17.0. The van der Waals surface area contributed by atoms with Crippen molar-refractivity contribution < 1.29 is 9.53 Å². The molecule has 0 atom stereocenters. The van der Waals surface area contributed by atoms with Crippen LogP contribution in [0.1, 0.15) is 39.5 Å². The summed E-state index contributed by atoms with van der Waals surface area (Å²) in [4.78, 5) is 26.6. The normalized spacial score (nSPS) is 11.7. The number of carbonyl (C=O) groups excluding carboxylic acids is 1. The van der Waals surface area contributed by atoms with Crippen LogP contribution >= 0.6 is 45.3 Å². The van der Waals surface area contributed by atoms with Crippen LogP contribution in [0.5, 0.6) is 0 Å². The molecule has 0 aromatic carbocycles. The zero-order chi connectivity index (χ0) is 21.6. The van der Waals surface area contributed by atoms with Crippen LogP contribution in [-0.4, -0.2) is 25.0 Å². The number of rotatable bonds is 8. The fourth-order valence-corrected chi connectivity index (χ4v) is 6.33. The SMILES string of the molecule is CCOC(=O)c1c(/N=C/c2cccs2)sc(/N=C/c2ccc(-c3cccs3)s2)c1CC. The number of hydrogen-bond acceptors (Lipinski definition) is 8. The summed E-state index contributed by atoms with van der Waals surface area (Å²) >= 11 is 6.46. The van der Waals surface area contributed by atoms with Gasteiger partial charge in [0.2, 0.25) is 0 Å². The van der Waals surface area contributed by atoms with Crippen molar-refractivity contribution in [1.82, 2.24) is 0 Å². The molecule has 0 unspecified atom stereocenters. The van der Waals surface area contributed by atoms with Gasteiger partial charge in [0.15, 0.2) is 0 Å². The molecule has 0 aliphatic heterocycles. The number of aliphatic imine (C=N–C) groups is 2. The van der Waals surface area contributed by atoms with Gasteiger partial charge in [-0.1, -0.05) is 30.4 Å². The van der Waals surface area contributed by atoms with E-state index in [1.807, 2.05) is 37.6 Å². The molecule has 4 aromatic heterocycles. The molecule has 0 fully saturated rings. The number of ether oxygens (including phenoxy) is 1. The summed E-state index contributed by atoms with van der Waals surface area (Å²) in [5, 5.41) is 5.52. The highest BCUT2D eigenvalue weighted by Gasteiger charge is 2.23. The fraction of sp³-hybridized carbons (Fsp3) is 0.174. The van der Waals surface area contributed by atoms with Gasteiger partial charge in [0.1, 0.15) is 15.6 Å². The van der Waals surface area contributed by atoms with E-state index >= 15 is 0 Å². The predicted octanol–water partition coefficient (Wildman–Crippen LogP) is 7.84. The quantitative estimate of drug-likeness (QED) is 0.189. The van der Waals surface area contributed by atoms with Crippen LogP contribution in [0.3, 0.4) is 0 Å². The fourth-order valence-electron chi connectivity index (χ4n) is 2.96. The van der Waals surface area contributed by atoms with E-state index in [-0.39, 0.29) is 5.97 Å². The highest BCUT2D eigenvalue weighted by atomic mass is 32.1. The Morgan fingerprint density at radius 1 is 0.903 bits per heavy atom. The smallest absolute Gasteiger partial charge is 0.341 e. The molecule has 0 N–H and O–H groups in total. The molecule has 0 radical (unpaired) electrons. The standard InChI is InChI=1S/C23H20N2O2S4/c1-3-17-20(23(26)27-4-2)22(25-13-15-7-5-11-28-15)31-21(17)24-14-16-9-10-19(30-16)18-8-6-12-29-18/h5-14H,3-4H2,1-2H3/b24-14+,25-13+. The largest absolute Gasteiger partial charge is 0.462 e. The Morgan fingerprint density at radius 2 is 1.68 bits per heavy atom. The van der Waals surface area contributed by atoms with Gasteiger partial charge in [-0.15, -0.1) is 34.0 Å². The lowest BCUT2D eigenvalue weighted by Crippen LogP contribution is -2.06. The average Bonchev–Trinajstić information content (AvgIpc) is 3.57. The van der Waals surface area contributed by atoms with Crippen molar-refractivity contribution in [3.8, 4) is 9.75 Å². The Morgan fingerprint density at radius 3 is 2.39 bits per heavy atom. The van der Waals surface area contributed by atoms with Crippen molar-refractivity contribution in [2.45, 2.75) is 20.3 Å². The molecule has 0 aliphatic carbocycles. The molecule has 4 aromatic rings. The van der Waals surface area contributed by atoms with Gasteiger partial charge in [0.25, 0.3) is 0 Å². The number of esters is 1. The highest BCUT2D eigenvalue weighted by Crippen LogP contribution is 2.42. The van der Waals surface area contributed by atoms with E-state index in [2.05, 4.69) is 34.6 Å². The average molecular weight is 485 g/mol. The van der Waals surface area contributed by atoms with Crippen LogP contribution < -0.4 is 0 Å². The van der Waals surface area contributed by atoms with Gasteiger partial charge >= 0.3 is 5.97 Å². The van der Waals surface area contributed by atoms with Gasteiger partial charge in [-0.2, -0.15) is 0 Å². The van der Waals surface area contributed by atoms with Gasteiger partial charge in [-0.05, 0) is 48.4 Å². The monoisotopic (exact) mass is 484 g/mol. The first-order valence-electron chi connectivity index (χ1n) is 9.77. The van der Waals surface area contributed by atoms with E-state index in [9.17, 15) is 4.79 Å². The van der Waals surface area contributed by atoms with Crippen molar-refractivity contribution in [2.24, 2.45) is 9.98 Å². The van der Waals surface area contributed by atoms with E-state index in [0.29, 0.717) is 23.6 Å². The number of hydrogen-bond donors (Lipinski definition) is 0. The van der Waals surface area contributed by atoms with Gasteiger partial charge in [-0.3, -0.25) is 0 Å². The number of carbonyl (C=O) groups is 1. The Bertz CT molecular complexity index is 1200. The van der Waals surface area contributed by atoms with Gasteiger partial charge in [0, 0.05) is 37.5 Å². The van der Waals surface area contributed by atoms with E-state index in [1.165, 1.54) is 21.1 Å². The van der Waals surface area contributed by atoms with E-state index in [0.717, 1.165) is 20.3 Å². The molecule has 4 rings (SSSR count). The minimum Gasteiger partial charge on any atom is -0.462 e. The minimum atomic E-state index is -0.341. The summed E-state index contributed by atoms with van der Waals surface area (Å²) in [5.41, 5.74) is 1.41. The third-order valence-electron chi connectivity index (χ3n) is 4.35. The summed E-state index contributed by atoms with van der Waals surface area (Å²) in [6.07, 6.45) is 4.34. The predicted molar refractivity (Wildman–Crippen MR) is 136 cm³/mol. The van der Waals surface area contributed by atoms with E-state index in [1.54, 1.807) is 40.2 Å². The second-order valence-electron chi connectivity index (χ2n) is 6.35. The summed E-state index contributed by atoms with van der Waals surface area (Å²) in [7, 11) is 0. The second-order valence-corrected chi connectivity index (χ2v) is 10.4. The minimum absolute atomic E-state index is 0.325.